The smallest absolute Gasteiger partial charge is 0.240 e. The highest BCUT2D eigenvalue weighted by Gasteiger charge is 2.31. The molecule has 0 fully saturated rings. The summed E-state index contributed by atoms with van der Waals surface area (Å²) in [6.45, 7) is 4.83. The zero-order valence-electron chi connectivity index (χ0n) is 26.0. The molecule has 1 aromatic heterocycles. The number of nitrogens with zero attached hydrogens (tertiary/aromatic N) is 3. The summed E-state index contributed by atoms with van der Waals surface area (Å²) in [5.41, 5.74) is 1.23. The Labute approximate surface area is 272 Å². The number of imidazole rings is 1. The van der Waals surface area contributed by atoms with Crippen LogP contribution in [0.2, 0.25) is 5.02 Å². The standard InChI is InChI=1S/C32H37ClF3N4O3S2/c1-32(2,21-8-13-26(33)29(16-21)43-6)30-19-37-31(39(30)23-11-9-22(34)10-12-23)44-20-25-27(35)17-24(18-28(25)36)45(41,42)38-14-7-15-40(3,4)5/h8-13,16-19,38H,7,14-15,20H2,1-6H3/q+1. The Morgan fingerprint density at radius 3 is 2.27 bits per heavy atom. The molecule has 0 aliphatic carbocycles. The SMILES string of the molecule is COc1cc(C(C)(C)c2cnc(SCc3c(F)cc(S(=O)(=O)NCCC[N+](C)(C)C)cc3F)n2-c2ccc(F)cc2)ccc1Cl. The second-order valence-corrected chi connectivity index (χ2v) is 15.2. The molecule has 4 rings (SSSR count). The van der Waals surface area contributed by atoms with Crippen molar-refractivity contribution in [2.75, 3.05) is 41.3 Å². The van der Waals surface area contributed by atoms with Gasteiger partial charge in [0.15, 0.2) is 5.16 Å². The average Bonchev–Trinajstić information content (AvgIpc) is 3.39. The van der Waals surface area contributed by atoms with E-state index >= 15 is 8.78 Å². The van der Waals surface area contributed by atoms with Gasteiger partial charge in [-0.25, -0.2) is 31.3 Å². The zero-order chi connectivity index (χ0) is 33.2. The number of quaternary nitrogens is 1. The third-order valence-electron chi connectivity index (χ3n) is 7.40. The molecule has 45 heavy (non-hydrogen) atoms. The number of hydrogen-bond acceptors (Lipinski definition) is 5. The molecule has 3 aromatic carbocycles. The van der Waals surface area contributed by atoms with Crippen molar-refractivity contribution in [3.8, 4) is 11.4 Å². The molecule has 4 aromatic rings. The van der Waals surface area contributed by atoms with Crippen molar-refractivity contribution in [3.63, 3.8) is 0 Å². The van der Waals surface area contributed by atoms with Gasteiger partial charge in [0.25, 0.3) is 0 Å². The molecular formula is C32H37ClF3N4O3S2+. The second kappa shape index (κ2) is 13.8. The summed E-state index contributed by atoms with van der Waals surface area (Å²) in [7, 11) is 3.38. The van der Waals surface area contributed by atoms with Crippen LogP contribution in [0, 0.1) is 17.5 Å². The van der Waals surface area contributed by atoms with Gasteiger partial charge in [0.1, 0.15) is 23.2 Å². The van der Waals surface area contributed by atoms with E-state index in [2.05, 4.69) is 9.71 Å². The minimum Gasteiger partial charge on any atom is -0.495 e. The molecule has 7 nitrogen and oxygen atoms in total. The molecule has 0 radical (unpaired) electrons. The summed E-state index contributed by atoms with van der Waals surface area (Å²) in [6, 6.07) is 12.9. The van der Waals surface area contributed by atoms with Crippen molar-refractivity contribution < 1.29 is 30.8 Å². The predicted octanol–water partition coefficient (Wildman–Crippen LogP) is 6.94. The van der Waals surface area contributed by atoms with Crippen molar-refractivity contribution in [2.24, 2.45) is 0 Å². The van der Waals surface area contributed by atoms with E-state index in [4.69, 9.17) is 16.3 Å². The molecule has 13 heteroatoms. The third kappa shape index (κ3) is 8.23. The number of thioether (sulfide) groups is 1. The zero-order valence-corrected chi connectivity index (χ0v) is 28.4. The summed E-state index contributed by atoms with van der Waals surface area (Å²) in [4.78, 5) is 4.10. The quantitative estimate of drug-likeness (QED) is 0.0940. The fourth-order valence-corrected chi connectivity index (χ4v) is 7.07. The van der Waals surface area contributed by atoms with Gasteiger partial charge in [0, 0.05) is 35.4 Å². The minimum atomic E-state index is -4.11. The molecule has 0 saturated heterocycles. The van der Waals surface area contributed by atoms with Crippen LogP contribution in [-0.4, -0.2) is 63.8 Å². The summed E-state index contributed by atoms with van der Waals surface area (Å²) in [5.74, 6) is -2.06. The van der Waals surface area contributed by atoms with Gasteiger partial charge in [-0.3, -0.25) is 4.57 Å². The van der Waals surface area contributed by atoms with Crippen molar-refractivity contribution in [3.05, 3.63) is 100 Å². The molecular weight excluding hydrogens is 645 g/mol. The lowest BCUT2D eigenvalue weighted by Gasteiger charge is -2.28. The van der Waals surface area contributed by atoms with Crippen molar-refractivity contribution >= 4 is 33.4 Å². The number of nitrogens with one attached hydrogen (secondary N) is 1. The van der Waals surface area contributed by atoms with Crippen molar-refractivity contribution in [1.82, 2.24) is 14.3 Å². The van der Waals surface area contributed by atoms with E-state index in [0.717, 1.165) is 41.7 Å². The van der Waals surface area contributed by atoms with Crippen LogP contribution in [0.15, 0.2) is 70.8 Å². The van der Waals surface area contributed by atoms with Gasteiger partial charge in [-0.15, -0.1) is 0 Å². The highest BCUT2D eigenvalue weighted by Crippen LogP contribution is 2.39. The molecule has 0 aliphatic rings. The van der Waals surface area contributed by atoms with Gasteiger partial charge in [0.2, 0.25) is 10.0 Å². The first-order valence-corrected chi connectivity index (χ1v) is 17.0. The van der Waals surface area contributed by atoms with Crippen LogP contribution in [-0.2, 0) is 21.2 Å². The molecule has 242 valence electrons. The molecule has 0 atom stereocenters. The lowest BCUT2D eigenvalue weighted by Crippen LogP contribution is -2.37. The van der Waals surface area contributed by atoms with Crippen molar-refractivity contribution in [1.29, 1.82) is 0 Å². The molecule has 1 N–H and O–H groups in total. The van der Waals surface area contributed by atoms with E-state index in [0.29, 0.717) is 32.5 Å². The fourth-order valence-electron chi connectivity index (χ4n) is 4.77. The van der Waals surface area contributed by atoms with Crippen LogP contribution < -0.4 is 9.46 Å². The first-order valence-electron chi connectivity index (χ1n) is 14.1. The Balaban J connectivity index is 1.64. The first-order chi connectivity index (χ1) is 21.0. The Hall–Kier alpha value is -3.03. The number of halogens is 4. The number of methoxy groups -OCH3 is 1. The van der Waals surface area contributed by atoms with Crippen LogP contribution >= 0.6 is 23.4 Å². The molecule has 0 saturated carbocycles. The topological polar surface area (TPSA) is 73.2 Å². The van der Waals surface area contributed by atoms with E-state index in [1.54, 1.807) is 29.0 Å². The van der Waals surface area contributed by atoms with Crippen LogP contribution in [0.25, 0.3) is 5.69 Å². The van der Waals surface area contributed by atoms with Gasteiger partial charge in [-0.1, -0.05) is 43.3 Å². The number of aromatic nitrogens is 2. The summed E-state index contributed by atoms with van der Waals surface area (Å²) < 4.78 is 80.1. The number of benzene rings is 3. The van der Waals surface area contributed by atoms with Crippen LogP contribution in [0.3, 0.4) is 0 Å². The molecule has 0 amide bonds. The van der Waals surface area contributed by atoms with E-state index in [-0.39, 0.29) is 17.9 Å². The maximum atomic E-state index is 15.2. The maximum absolute atomic E-state index is 15.2. The van der Waals surface area contributed by atoms with E-state index in [1.807, 2.05) is 47.1 Å². The monoisotopic (exact) mass is 681 g/mol. The number of sulfonamides is 1. The Bertz CT molecular complexity index is 1750. The lowest BCUT2D eigenvalue weighted by molar-refractivity contribution is -0.870. The lowest BCUT2D eigenvalue weighted by atomic mass is 9.81. The minimum absolute atomic E-state index is 0.145. The molecule has 1 heterocycles. The summed E-state index contributed by atoms with van der Waals surface area (Å²) in [6.07, 6.45) is 2.23. The summed E-state index contributed by atoms with van der Waals surface area (Å²) >= 11 is 7.33. The molecule has 0 bridgehead atoms. The fraction of sp³-hybridized carbons (Fsp3) is 0.344. The van der Waals surface area contributed by atoms with Gasteiger partial charge in [-0.2, -0.15) is 0 Å². The van der Waals surface area contributed by atoms with Crippen LogP contribution in [0.4, 0.5) is 13.2 Å². The number of ether oxygens (including phenoxy) is 1. The van der Waals surface area contributed by atoms with Crippen molar-refractivity contribution in [2.45, 2.75) is 41.5 Å². The normalized spacial score (nSPS) is 12.5. The van der Waals surface area contributed by atoms with E-state index in [9.17, 15) is 12.8 Å². The molecule has 0 aliphatic heterocycles. The average molecular weight is 682 g/mol. The Morgan fingerprint density at radius 1 is 1.02 bits per heavy atom. The van der Waals surface area contributed by atoms with Gasteiger partial charge in [0.05, 0.1) is 56.6 Å². The van der Waals surface area contributed by atoms with Gasteiger partial charge in [-0.05, 0) is 54.1 Å². The molecule has 0 unspecified atom stereocenters. The van der Waals surface area contributed by atoms with Crippen LogP contribution in [0.1, 0.15) is 37.1 Å². The highest BCUT2D eigenvalue weighted by molar-refractivity contribution is 7.98. The van der Waals surface area contributed by atoms with E-state index < -0.39 is 37.8 Å². The Kier molecular flexibility index (Phi) is 10.7. The first kappa shape index (κ1) is 34.8. The Morgan fingerprint density at radius 2 is 1.67 bits per heavy atom. The number of hydrogen-bond donors (Lipinski definition) is 1. The summed E-state index contributed by atoms with van der Waals surface area (Å²) in [5, 5.41) is 0.860. The largest absolute Gasteiger partial charge is 0.495 e. The number of rotatable bonds is 13. The maximum Gasteiger partial charge on any atom is 0.240 e. The van der Waals surface area contributed by atoms with Crippen LogP contribution in [0.5, 0.6) is 5.75 Å². The predicted molar refractivity (Wildman–Crippen MR) is 172 cm³/mol. The van der Waals surface area contributed by atoms with Gasteiger partial charge >= 0.3 is 0 Å². The van der Waals surface area contributed by atoms with Gasteiger partial charge < -0.3 is 9.22 Å². The second-order valence-electron chi connectivity index (χ2n) is 12.1. The van der Waals surface area contributed by atoms with E-state index in [1.165, 1.54) is 19.2 Å². The third-order valence-corrected chi connectivity index (χ3v) is 10.1. The molecule has 0 spiro atoms. The highest BCUT2D eigenvalue weighted by atomic mass is 35.5.